The number of nitrogens with zero attached hydrogens (tertiary/aromatic N) is 1. The van der Waals surface area contributed by atoms with E-state index in [1.54, 1.807) is 6.07 Å². The van der Waals surface area contributed by atoms with Gasteiger partial charge in [-0.05, 0) is 109 Å². The van der Waals surface area contributed by atoms with Crippen LogP contribution < -0.4 is 4.90 Å². The van der Waals surface area contributed by atoms with Crippen LogP contribution in [0.2, 0.25) is 0 Å². The van der Waals surface area contributed by atoms with Crippen molar-refractivity contribution in [2.75, 3.05) is 4.90 Å². The van der Waals surface area contributed by atoms with Crippen molar-refractivity contribution < 1.29 is 5.11 Å². The van der Waals surface area contributed by atoms with Gasteiger partial charge in [0.05, 0.1) is 16.8 Å². The molecule has 0 spiro atoms. The van der Waals surface area contributed by atoms with E-state index in [0.717, 1.165) is 56.0 Å². The highest BCUT2D eigenvalue weighted by Gasteiger charge is 2.47. The molecule has 0 heterocycles. The first kappa shape index (κ1) is 41.5. The average molecular weight is 882 g/mol. The zero-order valence-corrected chi connectivity index (χ0v) is 38.0. The highest BCUT2D eigenvalue weighted by atomic mass is 16.3. The topological polar surface area (TPSA) is 23.5 Å². The first-order valence-electron chi connectivity index (χ1n) is 23.6. The van der Waals surface area contributed by atoms with Gasteiger partial charge in [-0.15, -0.1) is 0 Å². The van der Waals surface area contributed by atoms with E-state index in [0.29, 0.717) is 0 Å². The average Bonchev–Trinajstić information content (AvgIpc) is 3.74. The Hall–Kier alpha value is -8.98. The number of phenols is 1. The molecule has 0 amide bonds. The van der Waals surface area contributed by atoms with E-state index >= 15 is 0 Å². The zero-order valence-electron chi connectivity index (χ0n) is 38.0. The molecule has 11 aromatic carbocycles. The molecule has 0 saturated carbocycles. The second-order valence-corrected chi connectivity index (χ2v) is 17.7. The lowest BCUT2D eigenvalue weighted by molar-refractivity contribution is 0.477. The minimum atomic E-state index is -0.533. The fourth-order valence-corrected chi connectivity index (χ4v) is 10.8. The lowest BCUT2D eigenvalue weighted by Crippen LogP contribution is -2.28. The molecule has 1 N–H and O–H groups in total. The molecule has 0 radical (unpaired) electrons. The number of benzene rings is 11. The molecule has 0 aliphatic heterocycles. The summed E-state index contributed by atoms with van der Waals surface area (Å²) < 4.78 is 0. The highest BCUT2D eigenvalue weighted by Crippen LogP contribution is 2.59. The summed E-state index contributed by atoms with van der Waals surface area (Å²) in [5.41, 5.74) is 20.9. The third-order valence-electron chi connectivity index (χ3n) is 13.9. The fraction of sp³-hybridized carbons (Fsp3) is 0.0149. The van der Waals surface area contributed by atoms with Crippen LogP contribution >= 0.6 is 0 Å². The van der Waals surface area contributed by atoms with Crippen molar-refractivity contribution in [3.63, 3.8) is 0 Å². The van der Waals surface area contributed by atoms with Crippen LogP contribution in [0, 0.1) is 0 Å². The van der Waals surface area contributed by atoms with Crippen molar-refractivity contribution in [2.24, 2.45) is 0 Å². The Morgan fingerprint density at radius 3 is 1.39 bits per heavy atom. The minimum absolute atomic E-state index is 0.257. The van der Waals surface area contributed by atoms with Crippen LogP contribution in [-0.4, -0.2) is 5.11 Å². The lowest BCUT2D eigenvalue weighted by atomic mass is 9.67. The SMILES string of the molecule is Oc1ccccc1-c1cccc(-c2ccccc2N(c2cccc(-c3ccc(-c4ccccc4)cc3)c2)c2ccccc2-c2cccc3c2-c2ccccc2C3(c2ccccc2)c2ccccc2)c1. The molecular weight excluding hydrogens is 835 g/mol. The summed E-state index contributed by atoms with van der Waals surface area (Å²) in [4.78, 5) is 2.45. The molecule has 0 saturated heterocycles. The van der Waals surface area contributed by atoms with Crippen LogP contribution in [0.3, 0.4) is 0 Å². The van der Waals surface area contributed by atoms with E-state index in [1.165, 1.54) is 50.1 Å². The smallest absolute Gasteiger partial charge is 0.123 e. The quantitative estimate of drug-likeness (QED) is 0.148. The predicted molar refractivity (Wildman–Crippen MR) is 287 cm³/mol. The molecule has 0 bridgehead atoms. The summed E-state index contributed by atoms with van der Waals surface area (Å²) in [5.74, 6) is 0.257. The molecule has 1 aliphatic carbocycles. The number of anilines is 3. The molecule has 1 aliphatic rings. The maximum absolute atomic E-state index is 11.0. The van der Waals surface area contributed by atoms with E-state index < -0.39 is 5.41 Å². The molecule has 0 fully saturated rings. The van der Waals surface area contributed by atoms with E-state index in [-0.39, 0.29) is 5.75 Å². The van der Waals surface area contributed by atoms with Gasteiger partial charge in [0.15, 0.2) is 0 Å². The van der Waals surface area contributed by atoms with Gasteiger partial charge in [-0.3, -0.25) is 0 Å². The molecule has 12 rings (SSSR count). The Balaban J connectivity index is 1.08. The molecule has 326 valence electrons. The van der Waals surface area contributed by atoms with Gasteiger partial charge in [0.1, 0.15) is 5.75 Å². The number of hydrogen-bond acceptors (Lipinski definition) is 2. The van der Waals surface area contributed by atoms with Crippen LogP contribution in [-0.2, 0) is 5.41 Å². The monoisotopic (exact) mass is 881 g/mol. The Labute approximate surface area is 404 Å². The standard InChI is InChI=1S/C67H47NO/c69-65-40-17-13-32-57(65)52-25-18-24-51(45-52)56-31-11-15-38-63(56)68(55-30-19-23-50(46-55)49-43-41-48(42-44-49)47-21-4-1-5-22-47)64-39-16-12-33-58(64)59-35-20-37-62-66(59)60-34-10-14-36-61(60)67(62,53-26-6-2-7-27-53)54-28-8-3-9-29-54/h1-46,69H. The summed E-state index contributed by atoms with van der Waals surface area (Å²) in [7, 11) is 0. The summed E-state index contributed by atoms with van der Waals surface area (Å²) in [6.45, 7) is 0. The van der Waals surface area contributed by atoms with Gasteiger partial charge in [0, 0.05) is 22.4 Å². The van der Waals surface area contributed by atoms with Crippen molar-refractivity contribution in [3.8, 4) is 72.5 Å². The van der Waals surface area contributed by atoms with Gasteiger partial charge in [-0.2, -0.15) is 0 Å². The molecule has 2 heteroatoms. The molecule has 0 aromatic heterocycles. The number of rotatable bonds is 10. The summed E-state index contributed by atoms with van der Waals surface area (Å²) in [6, 6.07) is 100. The molecule has 69 heavy (non-hydrogen) atoms. The molecule has 0 atom stereocenters. The van der Waals surface area contributed by atoms with E-state index in [1.807, 2.05) is 18.2 Å². The first-order valence-corrected chi connectivity index (χ1v) is 23.6. The number of fused-ring (bicyclic) bond motifs is 3. The first-order chi connectivity index (χ1) is 34.2. The summed E-state index contributed by atoms with van der Waals surface area (Å²) >= 11 is 0. The molecular formula is C67H47NO. The van der Waals surface area contributed by atoms with Crippen LogP contribution in [0.1, 0.15) is 22.3 Å². The Morgan fingerprint density at radius 2 is 0.710 bits per heavy atom. The van der Waals surface area contributed by atoms with Crippen LogP contribution in [0.25, 0.3) is 66.8 Å². The maximum Gasteiger partial charge on any atom is 0.123 e. The lowest BCUT2D eigenvalue weighted by Gasteiger charge is -2.34. The maximum atomic E-state index is 11.0. The van der Waals surface area contributed by atoms with E-state index in [9.17, 15) is 5.11 Å². The van der Waals surface area contributed by atoms with Crippen molar-refractivity contribution in [3.05, 3.63) is 301 Å². The van der Waals surface area contributed by atoms with Crippen molar-refractivity contribution >= 4 is 17.1 Å². The van der Waals surface area contributed by atoms with Gasteiger partial charge >= 0.3 is 0 Å². The highest BCUT2D eigenvalue weighted by molar-refractivity contribution is 6.01. The van der Waals surface area contributed by atoms with Crippen LogP contribution in [0.15, 0.2) is 279 Å². The number of para-hydroxylation sites is 3. The Morgan fingerprint density at radius 1 is 0.275 bits per heavy atom. The van der Waals surface area contributed by atoms with Crippen molar-refractivity contribution in [1.82, 2.24) is 0 Å². The Kier molecular flexibility index (Phi) is 10.6. The molecule has 2 nitrogen and oxygen atoms in total. The third kappa shape index (κ3) is 7.22. The second kappa shape index (κ2) is 17.7. The van der Waals surface area contributed by atoms with Gasteiger partial charge in [0.2, 0.25) is 0 Å². The van der Waals surface area contributed by atoms with Crippen LogP contribution in [0.5, 0.6) is 5.75 Å². The fourth-order valence-electron chi connectivity index (χ4n) is 10.8. The van der Waals surface area contributed by atoms with E-state index in [2.05, 4.69) is 260 Å². The zero-order chi connectivity index (χ0) is 46.2. The van der Waals surface area contributed by atoms with Crippen molar-refractivity contribution in [1.29, 1.82) is 0 Å². The van der Waals surface area contributed by atoms with E-state index in [4.69, 9.17) is 0 Å². The van der Waals surface area contributed by atoms with Crippen molar-refractivity contribution in [2.45, 2.75) is 5.41 Å². The summed E-state index contributed by atoms with van der Waals surface area (Å²) in [6.07, 6.45) is 0. The third-order valence-corrected chi connectivity index (χ3v) is 13.9. The van der Waals surface area contributed by atoms with Gasteiger partial charge in [-0.1, -0.05) is 243 Å². The second-order valence-electron chi connectivity index (χ2n) is 17.7. The van der Waals surface area contributed by atoms with Gasteiger partial charge in [0.25, 0.3) is 0 Å². The van der Waals surface area contributed by atoms with Gasteiger partial charge in [-0.25, -0.2) is 0 Å². The number of hydrogen-bond donors (Lipinski definition) is 1. The van der Waals surface area contributed by atoms with Crippen LogP contribution in [0.4, 0.5) is 17.1 Å². The summed E-state index contributed by atoms with van der Waals surface area (Å²) in [5, 5.41) is 11.0. The largest absolute Gasteiger partial charge is 0.507 e. The predicted octanol–water partition coefficient (Wildman–Crippen LogP) is 17.6. The number of aromatic hydroxyl groups is 1. The normalized spacial score (nSPS) is 12.2. The Bertz CT molecular complexity index is 3580. The molecule has 11 aromatic rings. The molecule has 0 unspecified atom stereocenters. The number of phenolic OH excluding ortho intramolecular Hbond substituents is 1. The minimum Gasteiger partial charge on any atom is -0.507 e. The van der Waals surface area contributed by atoms with Gasteiger partial charge < -0.3 is 10.0 Å².